The Kier molecular flexibility index (Phi) is 4.74. The molecule has 20 heavy (non-hydrogen) atoms. The average molecular weight is 335 g/mol. The number of ether oxygens (including phenoxy) is 1. The Labute approximate surface area is 126 Å². The van der Waals surface area contributed by atoms with E-state index in [1.54, 1.807) is 6.07 Å². The molecular formula is C15H15BrN2O2. The van der Waals surface area contributed by atoms with E-state index in [1.807, 2.05) is 44.2 Å². The van der Waals surface area contributed by atoms with Gasteiger partial charge in [-0.05, 0) is 71.7 Å². The number of aromatic hydroxyl groups is 1. The van der Waals surface area contributed by atoms with Gasteiger partial charge in [0.05, 0.1) is 16.8 Å². The summed E-state index contributed by atoms with van der Waals surface area (Å²) in [7, 11) is 0. The predicted octanol–water partition coefficient (Wildman–Crippen LogP) is 5.28. The van der Waals surface area contributed by atoms with E-state index in [4.69, 9.17) is 4.74 Å². The minimum atomic E-state index is 0.0882. The van der Waals surface area contributed by atoms with Crippen LogP contribution in [-0.4, -0.2) is 11.7 Å². The lowest BCUT2D eigenvalue weighted by molar-refractivity contribution is 0.340. The Bertz CT molecular complexity index is 625. The van der Waals surface area contributed by atoms with Crippen LogP contribution in [0.5, 0.6) is 11.5 Å². The topological polar surface area (TPSA) is 54.2 Å². The van der Waals surface area contributed by atoms with Crippen LogP contribution in [0, 0.1) is 6.92 Å². The van der Waals surface area contributed by atoms with Gasteiger partial charge in [-0.3, -0.25) is 0 Å². The summed E-state index contributed by atoms with van der Waals surface area (Å²) in [4.78, 5) is 0. The molecule has 4 nitrogen and oxygen atoms in total. The summed E-state index contributed by atoms with van der Waals surface area (Å²) < 4.78 is 5.97. The second kappa shape index (κ2) is 6.52. The summed E-state index contributed by atoms with van der Waals surface area (Å²) in [5.41, 5.74) is 2.13. The highest BCUT2D eigenvalue weighted by atomic mass is 79.9. The van der Waals surface area contributed by atoms with E-state index in [9.17, 15) is 5.11 Å². The zero-order valence-electron chi connectivity index (χ0n) is 11.3. The number of phenols is 1. The lowest BCUT2D eigenvalue weighted by atomic mass is 10.2. The number of benzene rings is 2. The van der Waals surface area contributed by atoms with Gasteiger partial charge in [-0.1, -0.05) is 0 Å². The zero-order valence-corrected chi connectivity index (χ0v) is 12.9. The minimum absolute atomic E-state index is 0.0882. The fourth-order valence-electron chi connectivity index (χ4n) is 1.68. The van der Waals surface area contributed by atoms with Crippen LogP contribution >= 0.6 is 15.9 Å². The van der Waals surface area contributed by atoms with Crippen molar-refractivity contribution in [1.29, 1.82) is 0 Å². The quantitative estimate of drug-likeness (QED) is 0.773. The maximum absolute atomic E-state index is 9.89. The van der Waals surface area contributed by atoms with Crippen LogP contribution in [0.15, 0.2) is 51.1 Å². The highest BCUT2D eigenvalue weighted by Crippen LogP contribution is 2.36. The molecule has 5 heteroatoms. The predicted molar refractivity (Wildman–Crippen MR) is 82.3 cm³/mol. The third-order valence-electron chi connectivity index (χ3n) is 2.61. The first kappa shape index (κ1) is 14.5. The van der Waals surface area contributed by atoms with Crippen molar-refractivity contribution in [2.24, 2.45) is 10.2 Å². The largest absolute Gasteiger partial charge is 0.505 e. The molecule has 104 valence electrons. The maximum atomic E-state index is 9.89. The van der Waals surface area contributed by atoms with Crippen molar-refractivity contribution < 1.29 is 9.84 Å². The lowest BCUT2D eigenvalue weighted by Crippen LogP contribution is -1.89. The molecule has 0 atom stereocenters. The molecule has 2 aromatic carbocycles. The standard InChI is InChI=1S/C15H15BrN2O2/c1-3-20-12-6-4-11(5-7-12)17-18-14-9-10(2)8-13(16)15(14)19/h4-9,19H,3H2,1-2H3. The molecule has 0 unspecified atom stereocenters. The second-order valence-electron chi connectivity index (χ2n) is 4.24. The van der Waals surface area contributed by atoms with Gasteiger partial charge in [0.25, 0.3) is 0 Å². The molecule has 0 fully saturated rings. The summed E-state index contributed by atoms with van der Waals surface area (Å²) in [5, 5.41) is 18.1. The summed E-state index contributed by atoms with van der Waals surface area (Å²) in [6.07, 6.45) is 0. The van der Waals surface area contributed by atoms with Gasteiger partial charge in [0.15, 0.2) is 5.75 Å². The van der Waals surface area contributed by atoms with E-state index < -0.39 is 0 Å². The Morgan fingerprint density at radius 1 is 1.15 bits per heavy atom. The molecule has 0 saturated heterocycles. The van der Waals surface area contributed by atoms with E-state index in [0.29, 0.717) is 22.5 Å². The van der Waals surface area contributed by atoms with Crippen LogP contribution in [0.1, 0.15) is 12.5 Å². The molecule has 2 aromatic rings. The van der Waals surface area contributed by atoms with E-state index in [0.717, 1.165) is 11.3 Å². The van der Waals surface area contributed by atoms with Crippen molar-refractivity contribution >= 4 is 27.3 Å². The minimum Gasteiger partial charge on any atom is -0.505 e. The van der Waals surface area contributed by atoms with Crippen LogP contribution in [0.4, 0.5) is 11.4 Å². The van der Waals surface area contributed by atoms with E-state index >= 15 is 0 Å². The molecule has 0 aliphatic heterocycles. The van der Waals surface area contributed by atoms with Crippen molar-refractivity contribution in [2.45, 2.75) is 13.8 Å². The van der Waals surface area contributed by atoms with Gasteiger partial charge in [0, 0.05) is 0 Å². The molecule has 0 amide bonds. The van der Waals surface area contributed by atoms with Gasteiger partial charge in [-0.25, -0.2) is 0 Å². The highest BCUT2D eigenvalue weighted by Gasteiger charge is 2.05. The zero-order chi connectivity index (χ0) is 14.5. The number of nitrogens with zero attached hydrogens (tertiary/aromatic N) is 2. The van der Waals surface area contributed by atoms with Crippen molar-refractivity contribution in [3.05, 3.63) is 46.4 Å². The van der Waals surface area contributed by atoms with Crippen molar-refractivity contribution in [3.63, 3.8) is 0 Å². The van der Waals surface area contributed by atoms with Gasteiger partial charge >= 0.3 is 0 Å². The number of hydrogen-bond acceptors (Lipinski definition) is 4. The second-order valence-corrected chi connectivity index (χ2v) is 5.10. The summed E-state index contributed by atoms with van der Waals surface area (Å²) in [6.45, 7) is 4.50. The van der Waals surface area contributed by atoms with Crippen molar-refractivity contribution in [1.82, 2.24) is 0 Å². The third kappa shape index (κ3) is 3.57. The van der Waals surface area contributed by atoms with Gasteiger partial charge in [-0.2, -0.15) is 5.11 Å². The molecule has 0 spiro atoms. The molecule has 2 rings (SSSR count). The first-order chi connectivity index (χ1) is 9.60. The van der Waals surface area contributed by atoms with Crippen molar-refractivity contribution in [2.75, 3.05) is 6.61 Å². The first-order valence-electron chi connectivity index (χ1n) is 6.24. The lowest BCUT2D eigenvalue weighted by Gasteiger charge is -2.03. The van der Waals surface area contributed by atoms with Gasteiger partial charge < -0.3 is 9.84 Å². The summed E-state index contributed by atoms with van der Waals surface area (Å²) >= 11 is 3.28. The summed E-state index contributed by atoms with van der Waals surface area (Å²) in [6, 6.07) is 10.9. The molecule has 1 N–H and O–H groups in total. The Morgan fingerprint density at radius 2 is 1.85 bits per heavy atom. The smallest absolute Gasteiger partial charge is 0.157 e. The Morgan fingerprint density at radius 3 is 2.50 bits per heavy atom. The fraction of sp³-hybridized carbons (Fsp3) is 0.200. The van der Waals surface area contributed by atoms with E-state index in [2.05, 4.69) is 26.2 Å². The molecule has 0 aliphatic carbocycles. The molecular weight excluding hydrogens is 320 g/mol. The van der Waals surface area contributed by atoms with Crippen molar-refractivity contribution in [3.8, 4) is 11.5 Å². The molecule has 0 heterocycles. The first-order valence-corrected chi connectivity index (χ1v) is 7.03. The molecule has 0 aromatic heterocycles. The van der Waals surface area contributed by atoms with Crippen LogP contribution in [0.2, 0.25) is 0 Å². The number of halogens is 1. The molecule has 0 radical (unpaired) electrons. The Hall–Kier alpha value is -1.88. The van der Waals surface area contributed by atoms with Crippen LogP contribution in [0.25, 0.3) is 0 Å². The maximum Gasteiger partial charge on any atom is 0.157 e. The van der Waals surface area contributed by atoms with Crippen LogP contribution in [-0.2, 0) is 0 Å². The molecule has 0 saturated carbocycles. The van der Waals surface area contributed by atoms with Gasteiger partial charge in [-0.15, -0.1) is 5.11 Å². The third-order valence-corrected chi connectivity index (χ3v) is 3.21. The van der Waals surface area contributed by atoms with Gasteiger partial charge in [0.2, 0.25) is 0 Å². The van der Waals surface area contributed by atoms with E-state index in [-0.39, 0.29) is 5.75 Å². The monoisotopic (exact) mass is 334 g/mol. The van der Waals surface area contributed by atoms with Crippen LogP contribution in [0.3, 0.4) is 0 Å². The normalized spacial score (nSPS) is 10.9. The number of azo groups is 1. The number of hydrogen-bond donors (Lipinski definition) is 1. The number of phenolic OH excluding ortho intramolecular Hbond substituents is 1. The van der Waals surface area contributed by atoms with Crippen LogP contribution < -0.4 is 4.74 Å². The SMILES string of the molecule is CCOc1ccc(N=Nc2cc(C)cc(Br)c2O)cc1. The Balaban J connectivity index is 2.21. The molecule has 0 aliphatic rings. The summed E-state index contributed by atoms with van der Waals surface area (Å²) in [5.74, 6) is 0.887. The highest BCUT2D eigenvalue weighted by molar-refractivity contribution is 9.10. The number of aryl methyl sites for hydroxylation is 1. The molecule has 0 bridgehead atoms. The fourth-order valence-corrected chi connectivity index (χ4v) is 2.24. The number of rotatable bonds is 4. The average Bonchev–Trinajstić information content (AvgIpc) is 2.43. The van der Waals surface area contributed by atoms with E-state index in [1.165, 1.54) is 0 Å². The van der Waals surface area contributed by atoms with Gasteiger partial charge in [0.1, 0.15) is 11.4 Å².